The van der Waals surface area contributed by atoms with Crippen molar-refractivity contribution in [1.82, 2.24) is 5.43 Å². The first kappa shape index (κ1) is 13.2. The lowest BCUT2D eigenvalue weighted by Gasteiger charge is -2.20. The molecule has 1 heterocycles. The summed E-state index contributed by atoms with van der Waals surface area (Å²) in [6.07, 6.45) is 0. The lowest BCUT2D eigenvalue weighted by atomic mass is 9.90. The van der Waals surface area contributed by atoms with Crippen LogP contribution in [0.5, 0.6) is 11.5 Å². The van der Waals surface area contributed by atoms with Crippen LogP contribution in [0.15, 0.2) is 23.3 Å². The number of hydrazone groups is 1. The molecule has 2 unspecified atom stereocenters. The van der Waals surface area contributed by atoms with Crippen LogP contribution in [0.25, 0.3) is 0 Å². The van der Waals surface area contributed by atoms with Gasteiger partial charge >= 0.3 is 5.97 Å². The highest BCUT2D eigenvalue weighted by atomic mass is 16.5. The van der Waals surface area contributed by atoms with Crippen LogP contribution in [0, 0.1) is 5.92 Å². The van der Waals surface area contributed by atoms with Gasteiger partial charge in [-0.2, -0.15) is 5.10 Å². The van der Waals surface area contributed by atoms with Crippen molar-refractivity contribution >= 4 is 11.7 Å². The van der Waals surface area contributed by atoms with E-state index in [1.165, 1.54) is 7.11 Å². The van der Waals surface area contributed by atoms with Crippen molar-refractivity contribution in [1.29, 1.82) is 0 Å². The minimum absolute atomic E-state index is 0.456. The quantitative estimate of drug-likeness (QED) is 0.859. The second-order valence-corrected chi connectivity index (χ2v) is 4.26. The van der Waals surface area contributed by atoms with Gasteiger partial charge in [0.05, 0.1) is 26.0 Å². The van der Waals surface area contributed by atoms with E-state index in [9.17, 15) is 9.90 Å². The molecule has 0 saturated carbocycles. The predicted octanol–water partition coefficient (Wildman–Crippen LogP) is 1.42. The molecule has 1 aromatic carbocycles. The summed E-state index contributed by atoms with van der Waals surface area (Å²) in [7, 11) is 3.07. The van der Waals surface area contributed by atoms with E-state index in [2.05, 4.69) is 10.5 Å². The van der Waals surface area contributed by atoms with Crippen LogP contribution in [0.1, 0.15) is 18.5 Å². The van der Waals surface area contributed by atoms with Crippen LogP contribution in [0.3, 0.4) is 0 Å². The summed E-state index contributed by atoms with van der Waals surface area (Å²) in [5, 5.41) is 13.3. The monoisotopic (exact) mass is 264 g/mol. The molecule has 6 heteroatoms. The van der Waals surface area contributed by atoms with E-state index in [0.29, 0.717) is 17.2 Å². The van der Waals surface area contributed by atoms with Crippen LogP contribution < -0.4 is 14.9 Å². The highest BCUT2D eigenvalue weighted by Crippen LogP contribution is 2.39. The molecule has 6 nitrogen and oxygen atoms in total. The van der Waals surface area contributed by atoms with Gasteiger partial charge in [-0.25, -0.2) is 0 Å². The Balaban J connectivity index is 2.45. The third-order valence-electron chi connectivity index (χ3n) is 3.20. The van der Waals surface area contributed by atoms with Gasteiger partial charge < -0.3 is 20.0 Å². The Labute approximate surface area is 111 Å². The highest BCUT2D eigenvalue weighted by Gasteiger charge is 2.38. The second kappa shape index (κ2) is 5.17. The fraction of sp³-hybridized carbons (Fsp3) is 0.385. The molecular formula is C13H16N2O4. The summed E-state index contributed by atoms with van der Waals surface area (Å²) in [6.45, 7) is 1.69. The van der Waals surface area contributed by atoms with Gasteiger partial charge in [0.15, 0.2) is 11.5 Å². The summed E-state index contributed by atoms with van der Waals surface area (Å²) < 4.78 is 10.6. The molecular weight excluding hydrogens is 248 g/mol. The molecule has 0 saturated heterocycles. The van der Waals surface area contributed by atoms with E-state index in [4.69, 9.17) is 9.47 Å². The van der Waals surface area contributed by atoms with Crippen molar-refractivity contribution in [2.45, 2.75) is 13.0 Å². The number of ether oxygens (including phenoxy) is 2. The molecule has 102 valence electrons. The molecule has 2 N–H and O–H groups in total. The first-order valence-corrected chi connectivity index (χ1v) is 5.83. The maximum Gasteiger partial charge on any atom is 0.314 e. The summed E-state index contributed by atoms with van der Waals surface area (Å²) >= 11 is 0. The molecule has 1 aromatic rings. The number of benzene rings is 1. The van der Waals surface area contributed by atoms with Crippen molar-refractivity contribution in [2.75, 3.05) is 14.2 Å². The minimum Gasteiger partial charge on any atom is -0.493 e. The van der Waals surface area contributed by atoms with Gasteiger partial charge in [0.1, 0.15) is 5.92 Å². The van der Waals surface area contributed by atoms with Crippen molar-refractivity contribution in [2.24, 2.45) is 11.0 Å². The summed E-state index contributed by atoms with van der Waals surface area (Å²) in [6, 6.07) is 4.91. The summed E-state index contributed by atoms with van der Waals surface area (Å²) in [5.74, 6) is -0.531. The molecule has 0 fully saturated rings. The van der Waals surface area contributed by atoms with Gasteiger partial charge in [0.2, 0.25) is 0 Å². The second-order valence-electron chi connectivity index (χ2n) is 4.26. The van der Waals surface area contributed by atoms with Gasteiger partial charge in [-0.3, -0.25) is 4.79 Å². The Morgan fingerprint density at radius 2 is 2.11 bits per heavy atom. The van der Waals surface area contributed by atoms with Crippen molar-refractivity contribution < 1.29 is 19.4 Å². The number of rotatable bonds is 4. The number of carbonyl (C=O) groups is 1. The number of hydrogen-bond acceptors (Lipinski definition) is 5. The first-order valence-electron chi connectivity index (χ1n) is 5.83. The molecule has 0 amide bonds. The lowest BCUT2D eigenvalue weighted by molar-refractivity contribution is -0.139. The average Bonchev–Trinajstić information content (AvgIpc) is 2.79. The Kier molecular flexibility index (Phi) is 3.59. The van der Waals surface area contributed by atoms with E-state index >= 15 is 0 Å². The SMILES string of the molecule is COc1cccc(C2NN=C(C)C2C(=O)O)c1OC. The number of carboxylic acid groups (broad SMARTS) is 1. The zero-order chi connectivity index (χ0) is 14.0. The van der Waals surface area contributed by atoms with Crippen molar-refractivity contribution in [3.63, 3.8) is 0 Å². The normalized spacial score (nSPS) is 21.5. The molecule has 0 spiro atoms. The molecule has 0 radical (unpaired) electrons. The Hall–Kier alpha value is -2.24. The van der Waals surface area contributed by atoms with Crippen LogP contribution in [-0.2, 0) is 4.79 Å². The van der Waals surface area contributed by atoms with Gasteiger partial charge in [0, 0.05) is 5.56 Å². The molecule has 1 aliphatic heterocycles. The molecule has 2 atom stereocenters. The number of hydrogen-bond donors (Lipinski definition) is 2. The van der Waals surface area contributed by atoms with Gasteiger partial charge in [-0.1, -0.05) is 12.1 Å². The fourth-order valence-electron chi connectivity index (χ4n) is 2.28. The average molecular weight is 264 g/mol. The van der Waals surface area contributed by atoms with E-state index < -0.39 is 17.9 Å². The van der Waals surface area contributed by atoms with Crippen LogP contribution in [0.2, 0.25) is 0 Å². The van der Waals surface area contributed by atoms with E-state index in [-0.39, 0.29) is 0 Å². The predicted molar refractivity (Wildman–Crippen MR) is 69.7 cm³/mol. The smallest absolute Gasteiger partial charge is 0.314 e. The Morgan fingerprint density at radius 1 is 1.37 bits per heavy atom. The molecule has 19 heavy (non-hydrogen) atoms. The van der Waals surface area contributed by atoms with E-state index in [1.54, 1.807) is 26.2 Å². The highest BCUT2D eigenvalue weighted by molar-refractivity contribution is 6.02. The molecule has 0 aliphatic carbocycles. The minimum atomic E-state index is -0.916. The third kappa shape index (κ3) is 2.21. The van der Waals surface area contributed by atoms with Crippen LogP contribution >= 0.6 is 0 Å². The largest absolute Gasteiger partial charge is 0.493 e. The standard InChI is InChI=1S/C13H16N2O4/c1-7-10(13(16)17)11(15-14-7)8-5-4-6-9(18-2)12(8)19-3/h4-6,10-11,15H,1-3H3,(H,16,17). The topological polar surface area (TPSA) is 80.2 Å². The van der Waals surface area contributed by atoms with Gasteiger partial charge in [-0.15, -0.1) is 0 Å². The zero-order valence-corrected chi connectivity index (χ0v) is 11.0. The van der Waals surface area contributed by atoms with E-state index in [1.807, 2.05) is 6.07 Å². The van der Waals surface area contributed by atoms with E-state index in [0.717, 1.165) is 5.56 Å². The number of nitrogens with zero attached hydrogens (tertiary/aromatic N) is 1. The van der Waals surface area contributed by atoms with Gasteiger partial charge in [-0.05, 0) is 13.0 Å². The maximum absolute atomic E-state index is 11.4. The lowest BCUT2D eigenvalue weighted by Crippen LogP contribution is -2.28. The Morgan fingerprint density at radius 3 is 2.68 bits per heavy atom. The van der Waals surface area contributed by atoms with Crippen molar-refractivity contribution in [3.8, 4) is 11.5 Å². The number of methoxy groups -OCH3 is 2. The summed E-state index contributed by atoms with van der Waals surface area (Å²) in [4.78, 5) is 11.4. The first-order chi connectivity index (χ1) is 9.10. The third-order valence-corrected chi connectivity index (χ3v) is 3.20. The van der Waals surface area contributed by atoms with Gasteiger partial charge in [0.25, 0.3) is 0 Å². The maximum atomic E-state index is 11.4. The molecule has 0 bridgehead atoms. The van der Waals surface area contributed by atoms with Crippen molar-refractivity contribution in [3.05, 3.63) is 23.8 Å². The molecule has 2 rings (SSSR count). The fourth-order valence-corrected chi connectivity index (χ4v) is 2.28. The summed E-state index contributed by atoms with van der Waals surface area (Å²) in [5.41, 5.74) is 4.11. The molecule has 1 aliphatic rings. The van der Waals surface area contributed by atoms with Crippen LogP contribution in [-0.4, -0.2) is 31.0 Å². The molecule has 0 aromatic heterocycles. The number of nitrogens with one attached hydrogen (secondary N) is 1. The number of aliphatic carboxylic acids is 1. The van der Waals surface area contributed by atoms with Crippen LogP contribution in [0.4, 0.5) is 0 Å². The number of carboxylic acids is 1. The zero-order valence-electron chi connectivity index (χ0n) is 11.0. The number of para-hydroxylation sites is 1. The Bertz CT molecular complexity index is 527.